The van der Waals surface area contributed by atoms with Crippen LogP contribution in [0.15, 0.2) is 59.7 Å². The van der Waals surface area contributed by atoms with Gasteiger partial charge in [0.05, 0.1) is 4.92 Å². The van der Waals surface area contributed by atoms with E-state index in [9.17, 15) is 14.9 Å². The van der Waals surface area contributed by atoms with Crippen LogP contribution in [0, 0.1) is 10.1 Å². The van der Waals surface area contributed by atoms with E-state index >= 15 is 0 Å². The zero-order valence-electron chi connectivity index (χ0n) is 12.7. The summed E-state index contributed by atoms with van der Waals surface area (Å²) < 4.78 is 0. The minimum Gasteiger partial charge on any atom is -0.267 e. The molecule has 0 fully saturated rings. The molecule has 1 amide bonds. The van der Waals surface area contributed by atoms with Crippen LogP contribution in [0.3, 0.4) is 0 Å². The van der Waals surface area contributed by atoms with Crippen LogP contribution in [-0.4, -0.2) is 16.5 Å². The maximum Gasteiger partial charge on any atom is 0.271 e. The van der Waals surface area contributed by atoms with Gasteiger partial charge in [0.25, 0.3) is 11.6 Å². The molecule has 2 rings (SSSR count). The maximum absolute atomic E-state index is 12.1. The fraction of sp³-hybridized carbons (Fsp3) is 0.176. The van der Waals surface area contributed by atoms with E-state index in [0.717, 1.165) is 11.3 Å². The van der Waals surface area contributed by atoms with E-state index in [-0.39, 0.29) is 11.3 Å². The Morgan fingerprint density at radius 2 is 1.91 bits per heavy atom. The summed E-state index contributed by atoms with van der Waals surface area (Å²) in [6.07, 6.45) is 1.34. The number of nitrogens with one attached hydrogen (secondary N) is 1. The molecule has 6 nitrogen and oxygen atoms in total. The molecular weight excluding hydrogens is 294 g/mol. The number of non-ortho nitro benzene ring substituents is 1. The summed E-state index contributed by atoms with van der Waals surface area (Å²) in [5, 5.41) is 14.9. The normalized spacial score (nSPS) is 11.1. The number of carbonyl (C=O) groups excluding carboxylic acids is 1. The summed E-state index contributed by atoms with van der Waals surface area (Å²) in [7, 11) is 0. The Labute approximate surface area is 134 Å². The fourth-order valence-electron chi connectivity index (χ4n) is 2.03. The summed E-state index contributed by atoms with van der Waals surface area (Å²) in [6, 6.07) is 15.4. The highest BCUT2D eigenvalue weighted by atomic mass is 16.6. The second kappa shape index (κ2) is 7.84. The molecule has 0 unspecified atom stereocenters. The number of hydrogen-bond acceptors (Lipinski definition) is 4. The van der Waals surface area contributed by atoms with Gasteiger partial charge in [0.15, 0.2) is 0 Å². The second-order valence-corrected chi connectivity index (χ2v) is 4.94. The molecule has 0 saturated carbocycles. The van der Waals surface area contributed by atoms with Gasteiger partial charge in [0.1, 0.15) is 0 Å². The minimum absolute atomic E-state index is 0.123. The molecule has 2 aromatic carbocycles. The molecule has 0 bridgehead atoms. The van der Waals surface area contributed by atoms with Crippen LogP contribution < -0.4 is 5.43 Å². The summed E-state index contributed by atoms with van der Waals surface area (Å²) in [5.74, 6) is -0.465. The zero-order valence-corrected chi connectivity index (χ0v) is 12.7. The van der Waals surface area contributed by atoms with Gasteiger partial charge in [-0.05, 0) is 18.1 Å². The molecule has 0 aliphatic rings. The third-order valence-electron chi connectivity index (χ3n) is 3.29. The van der Waals surface area contributed by atoms with Gasteiger partial charge in [-0.2, -0.15) is 5.10 Å². The first-order valence-corrected chi connectivity index (χ1v) is 7.24. The number of benzene rings is 2. The summed E-state index contributed by atoms with van der Waals surface area (Å²) in [6.45, 7) is 1.96. The van der Waals surface area contributed by atoms with Crippen molar-refractivity contribution in [3.8, 4) is 0 Å². The van der Waals surface area contributed by atoms with E-state index in [1.54, 1.807) is 0 Å². The highest BCUT2D eigenvalue weighted by Crippen LogP contribution is 2.13. The number of hydrogen-bond donors (Lipinski definition) is 1. The van der Waals surface area contributed by atoms with Crippen molar-refractivity contribution in [1.29, 1.82) is 0 Å². The summed E-state index contributed by atoms with van der Waals surface area (Å²) >= 11 is 0. The maximum atomic E-state index is 12.1. The average molecular weight is 311 g/mol. The number of carbonyl (C=O) groups is 1. The molecule has 1 N–H and O–H groups in total. The Kier molecular flexibility index (Phi) is 5.57. The Hall–Kier alpha value is -3.02. The van der Waals surface area contributed by atoms with Crippen molar-refractivity contribution in [2.24, 2.45) is 5.10 Å². The van der Waals surface area contributed by atoms with Crippen LogP contribution in [-0.2, 0) is 6.42 Å². The number of nitrogens with zero attached hydrogens (tertiary/aromatic N) is 2. The standard InChI is InChI=1S/C17H17N3O3/c1-2-15(11-13-7-4-3-5-8-13)18-19-17(21)14-9-6-10-16(12-14)20(22)23/h3-10,12H,2,11H2,1H3,(H,19,21). The number of amides is 1. The molecule has 0 spiro atoms. The summed E-state index contributed by atoms with van der Waals surface area (Å²) in [4.78, 5) is 22.3. The molecular formula is C17H17N3O3. The van der Waals surface area contributed by atoms with Crippen molar-refractivity contribution in [3.05, 3.63) is 75.8 Å². The molecule has 0 aliphatic carbocycles. The Balaban J connectivity index is 2.06. The van der Waals surface area contributed by atoms with Crippen LogP contribution in [0.2, 0.25) is 0 Å². The highest BCUT2D eigenvalue weighted by Gasteiger charge is 2.11. The van der Waals surface area contributed by atoms with Gasteiger partial charge in [0, 0.05) is 29.8 Å². The van der Waals surface area contributed by atoms with Gasteiger partial charge in [-0.25, -0.2) is 5.43 Å². The average Bonchev–Trinajstić information content (AvgIpc) is 2.59. The van der Waals surface area contributed by atoms with Crippen LogP contribution in [0.5, 0.6) is 0 Å². The lowest BCUT2D eigenvalue weighted by atomic mass is 10.1. The number of hydrazone groups is 1. The molecule has 0 saturated heterocycles. The lowest BCUT2D eigenvalue weighted by molar-refractivity contribution is -0.384. The van der Waals surface area contributed by atoms with E-state index in [1.165, 1.54) is 24.3 Å². The van der Waals surface area contributed by atoms with Crippen LogP contribution in [0.25, 0.3) is 0 Å². The molecule has 2 aromatic rings. The minimum atomic E-state index is -0.535. The van der Waals surface area contributed by atoms with Crippen molar-refractivity contribution in [2.45, 2.75) is 19.8 Å². The quantitative estimate of drug-likeness (QED) is 0.504. The van der Waals surface area contributed by atoms with Crippen LogP contribution in [0.4, 0.5) is 5.69 Å². The van der Waals surface area contributed by atoms with E-state index < -0.39 is 10.8 Å². The molecule has 0 radical (unpaired) electrons. The van der Waals surface area contributed by atoms with Gasteiger partial charge in [-0.3, -0.25) is 14.9 Å². The lowest BCUT2D eigenvalue weighted by Crippen LogP contribution is -2.20. The van der Waals surface area contributed by atoms with E-state index in [2.05, 4.69) is 10.5 Å². The van der Waals surface area contributed by atoms with Gasteiger partial charge >= 0.3 is 0 Å². The van der Waals surface area contributed by atoms with Crippen molar-refractivity contribution in [2.75, 3.05) is 0 Å². The molecule has 0 aliphatic heterocycles. The molecule has 0 heterocycles. The predicted molar refractivity (Wildman–Crippen MR) is 88.4 cm³/mol. The van der Waals surface area contributed by atoms with Crippen LogP contribution in [0.1, 0.15) is 29.3 Å². The topological polar surface area (TPSA) is 84.6 Å². The van der Waals surface area contributed by atoms with Crippen molar-refractivity contribution >= 4 is 17.3 Å². The third-order valence-corrected chi connectivity index (χ3v) is 3.29. The van der Waals surface area contributed by atoms with Gasteiger partial charge in [0.2, 0.25) is 0 Å². The Bertz CT molecular complexity index is 727. The molecule has 118 valence electrons. The second-order valence-electron chi connectivity index (χ2n) is 4.94. The van der Waals surface area contributed by atoms with E-state index in [0.29, 0.717) is 12.8 Å². The first-order chi connectivity index (χ1) is 11.1. The van der Waals surface area contributed by atoms with Gasteiger partial charge < -0.3 is 0 Å². The Morgan fingerprint density at radius 3 is 2.57 bits per heavy atom. The van der Waals surface area contributed by atoms with E-state index in [4.69, 9.17) is 0 Å². The molecule has 23 heavy (non-hydrogen) atoms. The van der Waals surface area contributed by atoms with Crippen molar-refractivity contribution in [3.63, 3.8) is 0 Å². The molecule has 0 aromatic heterocycles. The smallest absolute Gasteiger partial charge is 0.267 e. The summed E-state index contributed by atoms with van der Waals surface area (Å²) in [5.41, 5.74) is 4.48. The first kappa shape index (κ1) is 16.4. The van der Waals surface area contributed by atoms with E-state index in [1.807, 2.05) is 37.3 Å². The SMILES string of the molecule is CCC(Cc1ccccc1)=NNC(=O)c1cccc([N+](=O)[O-])c1. The number of nitro groups is 1. The first-order valence-electron chi connectivity index (χ1n) is 7.24. The number of nitro benzene ring substituents is 1. The number of rotatable bonds is 6. The van der Waals surface area contributed by atoms with Gasteiger partial charge in [-0.15, -0.1) is 0 Å². The van der Waals surface area contributed by atoms with Crippen molar-refractivity contribution < 1.29 is 9.72 Å². The fourth-order valence-corrected chi connectivity index (χ4v) is 2.03. The molecule has 6 heteroatoms. The van der Waals surface area contributed by atoms with Crippen molar-refractivity contribution in [1.82, 2.24) is 5.43 Å². The van der Waals surface area contributed by atoms with Crippen LogP contribution >= 0.6 is 0 Å². The predicted octanol–water partition coefficient (Wildman–Crippen LogP) is 3.33. The third kappa shape index (κ3) is 4.74. The lowest BCUT2D eigenvalue weighted by Gasteiger charge is -2.05. The monoisotopic (exact) mass is 311 g/mol. The zero-order chi connectivity index (χ0) is 16.7. The van der Waals surface area contributed by atoms with Gasteiger partial charge in [-0.1, -0.05) is 43.3 Å². The highest BCUT2D eigenvalue weighted by molar-refractivity contribution is 5.96. The largest absolute Gasteiger partial charge is 0.271 e. The Morgan fingerprint density at radius 1 is 1.17 bits per heavy atom. The molecule has 0 atom stereocenters.